The number of fused-ring (bicyclic) bond motifs is 1. The van der Waals surface area contributed by atoms with Crippen molar-refractivity contribution in [2.75, 3.05) is 140 Å². The van der Waals surface area contributed by atoms with Crippen molar-refractivity contribution in [3.63, 3.8) is 0 Å². The molecule has 31 nitrogen and oxygen atoms in total. The van der Waals surface area contributed by atoms with E-state index in [1.54, 1.807) is 4.90 Å². The number of quaternary nitrogens is 5. The van der Waals surface area contributed by atoms with Gasteiger partial charge in [-0.15, -0.1) is 0 Å². The summed E-state index contributed by atoms with van der Waals surface area (Å²) in [5, 5.41) is -16.3. The highest BCUT2D eigenvalue weighted by Gasteiger charge is 2.74. The van der Waals surface area contributed by atoms with Crippen LogP contribution in [0.15, 0.2) is 0 Å². The van der Waals surface area contributed by atoms with Crippen LogP contribution >= 0.6 is 0 Å². The van der Waals surface area contributed by atoms with E-state index in [1.807, 2.05) is 4.90 Å². The number of ether oxygens (including phenoxy) is 6. The zero-order valence-corrected chi connectivity index (χ0v) is 84.8. The highest BCUT2D eigenvalue weighted by Crippen LogP contribution is 2.72. The number of nitrogens with one attached hydrogen (secondary N) is 5. The molecule has 11 saturated carbocycles. The van der Waals surface area contributed by atoms with Crippen LogP contribution in [0.25, 0.3) is 0 Å². The van der Waals surface area contributed by atoms with Crippen LogP contribution in [-0.4, -0.2) is 287 Å². The normalized spacial score (nSPS) is 26.9. The first kappa shape index (κ1) is 127. The molecule has 11 aliphatic carbocycles. The number of morpholine rings is 1. The average Bonchev–Trinajstić information content (AvgIpc) is 1.52. The Bertz CT molecular complexity index is 4120. The monoisotopic (exact) mass is 2080 g/mol. The Kier molecular flexibility index (Phi) is 50.6. The highest BCUT2D eigenvalue weighted by molar-refractivity contribution is 7.87. The predicted molar refractivity (Wildman–Crippen MR) is 459 cm³/mol. The number of rotatable bonds is 31. The Morgan fingerprint density at radius 1 is 0.519 bits per heavy atom. The summed E-state index contributed by atoms with van der Waals surface area (Å²) in [6.45, 7) is 29.3. The summed E-state index contributed by atoms with van der Waals surface area (Å²) in [6, 6.07) is 0. The third kappa shape index (κ3) is 41.5. The number of esters is 5. The van der Waals surface area contributed by atoms with Gasteiger partial charge in [0.2, 0.25) is 0 Å². The van der Waals surface area contributed by atoms with Crippen LogP contribution in [0.3, 0.4) is 0 Å². The van der Waals surface area contributed by atoms with Crippen LogP contribution < -0.4 is 24.5 Å². The molecule has 135 heavy (non-hydrogen) atoms. The van der Waals surface area contributed by atoms with Gasteiger partial charge in [-0.2, -0.15) is 52.7 Å². The molecule has 2 aliphatic heterocycles. The fourth-order valence-corrected chi connectivity index (χ4v) is 22.1. The van der Waals surface area contributed by atoms with Gasteiger partial charge >= 0.3 is 58.0 Å². The van der Waals surface area contributed by atoms with E-state index < -0.39 is 162 Å². The summed E-state index contributed by atoms with van der Waals surface area (Å²) in [4.78, 5) is 68.6. The van der Waals surface area contributed by atoms with Gasteiger partial charge in [0.05, 0.1) is 133 Å². The smallest absolute Gasteiger partial charge is 0.432 e. The number of halogens is 14. The molecule has 13 aliphatic rings. The van der Waals surface area contributed by atoms with Crippen molar-refractivity contribution in [1.29, 1.82) is 0 Å². The van der Waals surface area contributed by atoms with Crippen molar-refractivity contribution in [2.45, 2.75) is 282 Å². The fraction of sp³-hybridized carbons (Fsp3) is 0.941. The van der Waals surface area contributed by atoms with Crippen LogP contribution in [0.5, 0.6) is 0 Å². The lowest BCUT2D eigenvalue weighted by Gasteiger charge is -2.61. The van der Waals surface area contributed by atoms with Gasteiger partial charge < -0.3 is 75.7 Å². The van der Waals surface area contributed by atoms with Gasteiger partial charge in [-0.3, -0.25) is 24.0 Å². The van der Waals surface area contributed by atoms with Crippen molar-refractivity contribution in [2.24, 2.45) is 87.3 Å². The van der Waals surface area contributed by atoms with E-state index >= 15 is 0 Å². The maximum absolute atomic E-state index is 13.5. The Hall–Kier alpha value is -4.32. The first-order valence-corrected chi connectivity index (χ1v) is 54.1. The van der Waals surface area contributed by atoms with Crippen molar-refractivity contribution in [1.82, 2.24) is 0 Å². The first-order chi connectivity index (χ1) is 61.5. The summed E-state index contributed by atoms with van der Waals surface area (Å²) >= 11 is 0. The number of hydrogen-bond acceptors (Lipinski definition) is 26. The van der Waals surface area contributed by atoms with E-state index in [9.17, 15) is 137 Å². The zero-order chi connectivity index (χ0) is 104. The van der Waals surface area contributed by atoms with E-state index in [0.29, 0.717) is 37.0 Å². The minimum Gasteiger partial charge on any atom is -0.748 e. The minimum absolute atomic E-state index is 0.0231. The molecule has 2 saturated heterocycles. The fourth-order valence-electron chi connectivity index (χ4n) is 20.3. The lowest BCUT2D eigenvalue weighted by Crippen LogP contribution is -3.14. The van der Waals surface area contributed by atoms with Gasteiger partial charge in [-0.05, 0) is 204 Å². The molecule has 0 aromatic rings. The number of hydrogen-bond donors (Lipinski definition) is 5. The molecule has 798 valence electrons. The van der Waals surface area contributed by atoms with E-state index in [2.05, 4.69) is 98.0 Å². The van der Waals surface area contributed by atoms with Crippen LogP contribution in [0, 0.1) is 87.3 Å². The number of carbonyl (C=O) groups is 5. The van der Waals surface area contributed by atoms with Gasteiger partial charge in [0.1, 0.15) is 48.2 Å². The lowest BCUT2D eigenvalue weighted by molar-refractivity contribution is -0.908. The molecule has 10 bridgehead atoms. The zero-order valence-electron chi connectivity index (χ0n) is 80.7. The predicted octanol–water partition coefficient (Wildman–Crippen LogP) is 6.25. The molecule has 0 aromatic carbocycles. The molecule has 0 aromatic heterocycles. The second-order valence-corrected chi connectivity index (χ2v) is 47.0. The molecule has 8 atom stereocenters. The van der Waals surface area contributed by atoms with Gasteiger partial charge in [0, 0.05) is 24.5 Å². The van der Waals surface area contributed by atoms with E-state index in [-0.39, 0.29) is 78.2 Å². The Balaban J connectivity index is 0.000000541. The molecule has 50 heteroatoms. The molecular formula is C85H149F14N5O26S5. The van der Waals surface area contributed by atoms with Gasteiger partial charge in [0.15, 0.2) is 37.0 Å². The van der Waals surface area contributed by atoms with Crippen molar-refractivity contribution < 1.29 is 203 Å². The Morgan fingerprint density at radius 2 is 0.896 bits per heavy atom. The largest absolute Gasteiger partial charge is 0.748 e. The van der Waals surface area contributed by atoms with Crippen molar-refractivity contribution >= 4 is 80.4 Å². The summed E-state index contributed by atoms with van der Waals surface area (Å²) in [7, 11) is -15.5. The molecule has 0 spiro atoms. The summed E-state index contributed by atoms with van der Waals surface area (Å²) in [5.41, 5.74) is -2.86. The topological polar surface area (TPSA) is 449 Å². The molecule has 0 amide bonds. The lowest BCUT2D eigenvalue weighted by atomic mass is 9.44. The van der Waals surface area contributed by atoms with E-state index in [1.165, 1.54) is 131 Å². The van der Waals surface area contributed by atoms with Crippen LogP contribution in [0.2, 0.25) is 0 Å². The molecule has 8 unspecified atom stereocenters. The standard InChI is InChI=1S/C21H26F2O7S.C14H17F5O5S.C13H23NO3.C12H27N.C8H11F5O5S.C6H15N.C4H8F2O3S.2C3H9N.CH4O3S/c22-21(23,31(26,27)28)8-29-18(24)14-12-4-13-15(14)19(25)30-17(13)16(12)20-5-9-1-10(6-20)3-11(2-9)7-20;15-13(16,17)10(14(18,19)25(21,22)23)24-11(20)12-4-7-1-8(5-12)3-9(2-7)6-12;15-13(12-4-2-1-3-5-12)17-11-8-14-6-9-16-10-7-14;1-4-7-10-13(11-8-5-2)12-9-6-3;1-6(2,3)5(14)18-4(7(9,10)11)8(12,13)19(15,16)17;1-4-7(5-2)6-3;1-2-4(5,6)3-10(7,8)9;2*1-4(2)3;1-5(2,3)4/h9-17H,1-8H2,(H,26,27,28);7-10H,1-6H2,(H,21,22,23);12H,1-11H2;4-12H2,1-3H3;4H,1-3H3,(H,15,16,17);4-6H2,1-3H3;2-3H2,1H3,(H,7,8,9);2*1-3H3;1H3,(H,2,3,4). The van der Waals surface area contributed by atoms with Crippen molar-refractivity contribution in [3.8, 4) is 0 Å². The van der Waals surface area contributed by atoms with Gasteiger partial charge in [-0.25, -0.2) is 50.9 Å². The van der Waals surface area contributed by atoms with Crippen molar-refractivity contribution in [3.05, 3.63) is 0 Å². The molecule has 0 radical (unpaired) electrons. The minimum atomic E-state index is -6.67. The molecule has 13 rings (SSSR count). The van der Waals surface area contributed by atoms with Crippen LogP contribution in [0.1, 0.15) is 230 Å². The van der Waals surface area contributed by atoms with Crippen LogP contribution in [-0.2, 0) is 103 Å². The van der Waals surface area contributed by atoms with E-state index in [4.69, 9.17) is 27.2 Å². The van der Waals surface area contributed by atoms with Crippen LogP contribution in [0.4, 0.5) is 61.5 Å². The first-order valence-electron chi connectivity index (χ1n) is 46.5. The SMILES string of the molecule is CC(C)(C)C(=O)OC(C(F)(F)F)C(F)(F)S(=O)(=O)[O-].CCC(F)(F)CS(=O)(=O)[O-].CCCC[NH+](CCCC)CCCC.CC[NH+](CC)CC.CS(=O)(=O)[O-].C[NH+](C)C.C[NH+](C)C.O=C(OC(C(F)(F)F)C(F)(F)S(=O)(=O)[O-])C12CC3CC(CC(C3)C1)C2.O=C(OCC[NH+]1CCOCC1)C1CCCCC1.O=C1OC2C3CC(C(C(=O)OCC(F)(F)S(=O)(=O)[O-])C13)C2C12CC3CC(CC(C3)C1)C2. The summed E-state index contributed by atoms with van der Waals surface area (Å²) < 4.78 is 359. The maximum atomic E-state index is 13.5. The molecule has 13 fully saturated rings. The second kappa shape index (κ2) is 53.9. The maximum Gasteiger partial charge on any atom is 0.432 e. The third-order valence-electron chi connectivity index (χ3n) is 25.7. The number of unbranched alkanes of at least 4 members (excludes halogenated alkanes) is 3. The third-order valence-corrected chi connectivity index (χ3v) is 29.1. The second-order valence-electron chi connectivity index (χ2n) is 39.8. The molecule has 5 N–H and O–H groups in total. The molecule has 2 heterocycles. The van der Waals surface area contributed by atoms with E-state index in [0.717, 1.165) is 112 Å². The molecular weight excluding hydrogens is 1930 g/mol. The highest BCUT2D eigenvalue weighted by atomic mass is 32.2. The van der Waals surface area contributed by atoms with Gasteiger partial charge in [0.25, 0.3) is 18.1 Å². The Morgan fingerprint density at radius 3 is 1.21 bits per heavy atom. The summed E-state index contributed by atoms with van der Waals surface area (Å²) in [5.74, 6) is -8.93. The Labute approximate surface area is 788 Å². The number of carbonyl (C=O) groups excluding carboxylic acids is 5. The quantitative estimate of drug-likeness (QED) is 0.0221. The average molecular weight is 2080 g/mol. The summed E-state index contributed by atoms with van der Waals surface area (Å²) in [6.07, 6.45) is 4.15. The van der Waals surface area contributed by atoms with Gasteiger partial charge in [-0.1, -0.05) is 66.2 Å². The number of alkyl halides is 14.